The fourth-order valence-corrected chi connectivity index (χ4v) is 2.05. The molecule has 0 spiro atoms. The number of amides is 2. The van der Waals surface area contributed by atoms with Crippen LogP contribution in [0, 0.1) is 0 Å². The summed E-state index contributed by atoms with van der Waals surface area (Å²) in [4.78, 5) is 23.6. The van der Waals surface area contributed by atoms with E-state index in [2.05, 4.69) is 10.6 Å². The average molecular weight is 339 g/mol. The van der Waals surface area contributed by atoms with E-state index < -0.39 is 11.8 Å². The van der Waals surface area contributed by atoms with Crippen molar-refractivity contribution in [2.45, 2.75) is 0 Å². The van der Waals surface area contributed by atoms with Gasteiger partial charge >= 0.3 is 0 Å². The van der Waals surface area contributed by atoms with Crippen molar-refractivity contribution >= 4 is 29.1 Å². The van der Waals surface area contributed by atoms with Gasteiger partial charge in [0.15, 0.2) is 5.76 Å². The molecule has 0 aliphatic rings. The normalized spacial score (nSPS) is 10.0. The molecule has 8 heteroatoms. The molecule has 23 heavy (non-hydrogen) atoms. The fraction of sp³-hybridized carbons (Fsp3) is 0.200. The molecule has 1 aromatic heterocycles. The van der Waals surface area contributed by atoms with E-state index in [9.17, 15) is 9.59 Å². The van der Waals surface area contributed by atoms with Crippen LogP contribution in [0.3, 0.4) is 0 Å². The Kier molecular flexibility index (Phi) is 5.48. The van der Waals surface area contributed by atoms with Crippen LogP contribution < -0.4 is 20.1 Å². The summed E-state index contributed by atoms with van der Waals surface area (Å²) in [7, 11) is 2.93. The number of hydrogen-bond donors (Lipinski definition) is 2. The van der Waals surface area contributed by atoms with Crippen LogP contribution in [0.15, 0.2) is 34.9 Å². The summed E-state index contributed by atoms with van der Waals surface area (Å²) in [6.45, 7) is -0.230. The summed E-state index contributed by atoms with van der Waals surface area (Å²) in [5.74, 6) is 0.0155. The van der Waals surface area contributed by atoms with Crippen LogP contribution in [0.2, 0.25) is 5.02 Å². The maximum Gasteiger partial charge on any atom is 0.287 e. The number of furan rings is 1. The largest absolute Gasteiger partial charge is 0.495 e. The Hall–Kier alpha value is -2.67. The smallest absolute Gasteiger partial charge is 0.287 e. The first-order valence-electron chi connectivity index (χ1n) is 6.58. The highest BCUT2D eigenvalue weighted by molar-refractivity contribution is 6.32. The SMILES string of the molecule is COc1cc(OC)c(NC(=O)CNC(=O)c2ccco2)cc1Cl. The molecular weight excluding hydrogens is 324 g/mol. The number of benzene rings is 1. The van der Waals surface area contributed by atoms with Gasteiger partial charge in [-0.2, -0.15) is 0 Å². The van der Waals surface area contributed by atoms with E-state index in [-0.39, 0.29) is 12.3 Å². The van der Waals surface area contributed by atoms with Crippen molar-refractivity contribution in [2.24, 2.45) is 0 Å². The van der Waals surface area contributed by atoms with E-state index in [4.69, 9.17) is 25.5 Å². The Bertz CT molecular complexity index is 700. The molecule has 0 unspecified atom stereocenters. The lowest BCUT2D eigenvalue weighted by Crippen LogP contribution is -2.32. The Morgan fingerprint density at radius 1 is 1.22 bits per heavy atom. The molecule has 0 saturated carbocycles. The van der Waals surface area contributed by atoms with Gasteiger partial charge in [0.05, 0.1) is 37.7 Å². The third kappa shape index (κ3) is 4.17. The minimum Gasteiger partial charge on any atom is -0.495 e. The summed E-state index contributed by atoms with van der Waals surface area (Å²) >= 11 is 6.02. The van der Waals surface area contributed by atoms with Gasteiger partial charge in [0.25, 0.3) is 5.91 Å². The van der Waals surface area contributed by atoms with E-state index in [0.717, 1.165) is 0 Å². The zero-order valence-electron chi connectivity index (χ0n) is 12.5. The predicted octanol–water partition coefficient (Wildman–Crippen LogP) is 2.32. The molecule has 2 N–H and O–H groups in total. The average Bonchev–Trinajstić information content (AvgIpc) is 3.07. The molecule has 0 saturated heterocycles. The number of methoxy groups -OCH3 is 2. The highest BCUT2D eigenvalue weighted by Crippen LogP contribution is 2.35. The monoisotopic (exact) mass is 338 g/mol. The van der Waals surface area contributed by atoms with Crippen LogP contribution in [0.4, 0.5) is 5.69 Å². The highest BCUT2D eigenvalue weighted by atomic mass is 35.5. The van der Waals surface area contributed by atoms with E-state index >= 15 is 0 Å². The minimum absolute atomic E-state index is 0.128. The van der Waals surface area contributed by atoms with E-state index in [1.165, 1.54) is 32.6 Å². The Balaban J connectivity index is 2.00. The van der Waals surface area contributed by atoms with Crippen LogP contribution in [0.1, 0.15) is 10.6 Å². The quantitative estimate of drug-likeness (QED) is 0.843. The lowest BCUT2D eigenvalue weighted by atomic mass is 10.2. The highest BCUT2D eigenvalue weighted by Gasteiger charge is 2.14. The molecule has 0 aliphatic carbocycles. The Morgan fingerprint density at radius 3 is 2.57 bits per heavy atom. The summed E-state index contributed by atoms with van der Waals surface area (Å²) in [5.41, 5.74) is 0.371. The molecule has 2 aromatic rings. The number of halogens is 1. The van der Waals surface area contributed by atoms with Gasteiger partial charge in [-0.1, -0.05) is 11.6 Å². The summed E-state index contributed by atoms with van der Waals surface area (Å²) in [5, 5.41) is 5.36. The number of carbonyl (C=O) groups is 2. The molecule has 0 aliphatic heterocycles. The van der Waals surface area contributed by atoms with Crippen molar-refractivity contribution in [3.63, 3.8) is 0 Å². The zero-order valence-corrected chi connectivity index (χ0v) is 13.3. The third-order valence-electron chi connectivity index (χ3n) is 2.90. The molecular formula is C15H15ClN2O5. The summed E-state index contributed by atoms with van der Waals surface area (Å²) < 4.78 is 15.2. The maximum atomic E-state index is 11.9. The number of anilines is 1. The van der Waals surface area contributed by atoms with E-state index in [1.54, 1.807) is 12.1 Å². The van der Waals surface area contributed by atoms with Gasteiger partial charge in [-0.3, -0.25) is 9.59 Å². The standard InChI is InChI=1S/C15H15ClN2O5/c1-21-12-7-13(22-2)10(6-9(12)16)18-14(19)8-17-15(20)11-4-3-5-23-11/h3-7H,8H2,1-2H3,(H,17,20)(H,18,19). The van der Waals surface area contributed by atoms with Gasteiger partial charge in [0.2, 0.25) is 5.91 Å². The van der Waals surface area contributed by atoms with Crippen molar-refractivity contribution in [1.29, 1.82) is 0 Å². The van der Waals surface area contributed by atoms with Crippen LogP contribution >= 0.6 is 11.6 Å². The Labute approximate surface area is 137 Å². The number of ether oxygens (including phenoxy) is 2. The van der Waals surface area contributed by atoms with Crippen molar-refractivity contribution in [3.8, 4) is 11.5 Å². The van der Waals surface area contributed by atoms with E-state index in [0.29, 0.717) is 22.2 Å². The van der Waals surface area contributed by atoms with Crippen LogP contribution in [0.5, 0.6) is 11.5 Å². The second-order valence-corrected chi connectivity index (χ2v) is 4.80. The molecule has 0 radical (unpaired) electrons. The minimum atomic E-state index is -0.482. The van der Waals surface area contributed by atoms with Crippen LogP contribution in [-0.2, 0) is 4.79 Å². The number of hydrogen-bond acceptors (Lipinski definition) is 5. The second-order valence-electron chi connectivity index (χ2n) is 4.40. The van der Waals surface area contributed by atoms with Gasteiger partial charge in [-0.25, -0.2) is 0 Å². The van der Waals surface area contributed by atoms with Crippen molar-refractivity contribution in [2.75, 3.05) is 26.1 Å². The van der Waals surface area contributed by atoms with Gasteiger partial charge in [0, 0.05) is 6.07 Å². The molecule has 0 fully saturated rings. The first kappa shape index (κ1) is 16.7. The first-order chi connectivity index (χ1) is 11.0. The molecule has 0 atom stereocenters. The van der Waals surface area contributed by atoms with Gasteiger partial charge in [0.1, 0.15) is 11.5 Å². The van der Waals surface area contributed by atoms with E-state index in [1.807, 2.05) is 0 Å². The van der Waals surface area contributed by atoms with Crippen LogP contribution in [-0.4, -0.2) is 32.6 Å². The third-order valence-corrected chi connectivity index (χ3v) is 3.20. The topological polar surface area (TPSA) is 89.8 Å². The lowest BCUT2D eigenvalue weighted by Gasteiger charge is -2.13. The van der Waals surface area contributed by atoms with Crippen molar-refractivity contribution in [1.82, 2.24) is 5.32 Å². The molecule has 1 heterocycles. The molecule has 122 valence electrons. The Morgan fingerprint density at radius 2 is 1.96 bits per heavy atom. The zero-order chi connectivity index (χ0) is 16.8. The maximum absolute atomic E-state index is 11.9. The second kappa shape index (κ2) is 7.55. The summed E-state index contributed by atoms with van der Waals surface area (Å²) in [6, 6.07) is 6.14. The first-order valence-corrected chi connectivity index (χ1v) is 6.96. The van der Waals surface area contributed by atoms with Crippen molar-refractivity contribution in [3.05, 3.63) is 41.3 Å². The van der Waals surface area contributed by atoms with Crippen molar-refractivity contribution < 1.29 is 23.5 Å². The van der Waals surface area contributed by atoms with Gasteiger partial charge in [-0.15, -0.1) is 0 Å². The fourth-order valence-electron chi connectivity index (χ4n) is 1.81. The van der Waals surface area contributed by atoms with Crippen LogP contribution in [0.25, 0.3) is 0 Å². The molecule has 0 bridgehead atoms. The predicted molar refractivity (Wildman–Crippen MR) is 84.2 cm³/mol. The lowest BCUT2D eigenvalue weighted by molar-refractivity contribution is -0.115. The molecule has 7 nitrogen and oxygen atoms in total. The molecule has 2 amide bonds. The number of rotatable bonds is 6. The number of carbonyl (C=O) groups excluding carboxylic acids is 2. The molecule has 1 aromatic carbocycles. The van der Waals surface area contributed by atoms with Gasteiger partial charge < -0.3 is 24.5 Å². The van der Waals surface area contributed by atoms with Gasteiger partial charge in [-0.05, 0) is 18.2 Å². The number of nitrogens with one attached hydrogen (secondary N) is 2. The molecule has 2 rings (SSSR count). The summed E-state index contributed by atoms with van der Waals surface area (Å²) in [6.07, 6.45) is 1.37.